The first-order valence-electron chi connectivity index (χ1n) is 4.10. The molecule has 0 aliphatic heterocycles. The number of urea groups is 1. The Kier molecular flexibility index (Phi) is 3.74. The highest BCUT2D eigenvalue weighted by Crippen LogP contribution is 1.89. The number of carbonyl (C=O) groups is 1. The average Bonchev–Trinajstić information content (AvgIpc) is 2.57. The number of aromatic nitrogens is 2. The maximum atomic E-state index is 10.9. The molecule has 0 unspecified atom stereocenters. The fraction of sp³-hybridized carbons (Fsp3) is 0.571. The normalized spacial score (nSPS) is 9.62. The first kappa shape index (κ1) is 9.50. The highest BCUT2D eigenvalue weighted by atomic mass is 16.5. The molecule has 0 fully saturated rings. The zero-order valence-electron chi connectivity index (χ0n) is 7.41. The van der Waals surface area contributed by atoms with Crippen molar-refractivity contribution in [3.05, 3.63) is 12.2 Å². The van der Waals surface area contributed by atoms with Crippen LogP contribution >= 0.6 is 0 Å². The summed E-state index contributed by atoms with van der Waals surface area (Å²) in [5.41, 5.74) is 0. The Balaban J connectivity index is 2.11. The zero-order valence-corrected chi connectivity index (χ0v) is 7.41. The van der Waals surface area contributed by atoms with Crippen LogP contribution in [0.25, 0.3) is 0 Å². The second-order valence-corrected chi connectivity index (χ2v) is 2.37. The van der Waals surface area contributed by atoms with Crippen molar-refractivity contribution in [2.75, 3.05) is 13.1 Å². The van der Waals surface area contributed by atoms with Crippen LogP contribution in [0.4, 0.5) is 4.79 Å². The summed E-state index contributed by atoms with van der Waals surface area (Å²) in [5.74, 6) is 0.525. The highest BCUT2D eigenvalue weighted by Gasteiger charge is 2.00. The van der Waals surface area contributed by atoms with Crippen molar-refractivity contribution < 1.29 is 9.32 Å². The van der Waals surface area contributed by atoms with E-state index in [9.17, 15) is 4.79 Å². The van der Waals surface area contributed by atoms with Gasteiger partial charge in [0.25, 0.3) is 0 Å². The molecule has 2 N–H and O–H groups in total. The average molecular weight is 184 g/mol. The Morgan fingerprint density at radius 1 is 1.62 bits per heavy atom. The molecule has 2 amide bonds. The van der Waals surface area contributed by atoms with E-state index < -0.39 is 0 Å². The van der Waals surface area contributed by atoms with Crippen LogP contribution in [0.1, 0.15) is 12.8 Å². The lowest BCUT2D eigenvalue weighted by atomic mass is 10.4. The van der Waals surface area contributed by atoms with E-state index in [1.54, 1.807) is 0 Å². The summed E-state index contributed by atoms with van der Waals surface area (Å²) in [6.45, 7) is 2.97. The predicted molar refractivity (Wildman–Crippen MR) is 45.1 cm³/mol. The van der Waals surface area contributed by atoms with Gasteiger partial charge in [0.1, 0.15) is 0 Å². The minimum absolute atomic E-state index is 0.179. The predicted octanol–water partition coefficient (Wildman–Crippen LogP) is -0.0688. The molecule has 0 aliphatic carbocycles. The Morgan fingerprint density at radius 3 is 3.08 bits per heavy atom. The smallest absolute Gasteiger partial charge is 0.314 e. The number of amides is 2. The van der Waals surface area contributed by atoms with Crippen LogP contribution in [0.5, 0.6) is 0 Å². The molecule has 6 heteroatoms. The molecule has 1 aromatic rings. The molecule has 1 heterocycles. The third-order valence-electron chi connectivity index (χ3n) is 1.37. The molecule has 0 saturated carbocycles. The molecule has 0 saturated heterocycles. The fourth-order valence-corrected chi connectivity index (χ4v) is 0.812. The molecule has 72 valence electrons. The van der Waals surface area contributed by atoms with Crippen molar-refractivity contribution >= 4 is 6.03 Å². The molecule has 1 rings (SSSR count). The molecule has 0 radical (unpaired) electrons. The number of hydrogen-bond acceptors (Lipinski definition) is 4. The van der Waals surface area contributed by atoms with Gasteiger partial charge < -0.3 is 15.2 Å². The summed E-state index contributed by atoms with van der Waals surface area (Å²) in [4.78, 5) is 14.7. The quantitative estimate of drug-likeness (QED) is 0.686. The lowest BCUT2D eigenvalue weighted by Crippen LogP contribution is -2.36. The van der Waals surface area contributed by atoms with Crippen molar-refractivity contribution in [2.24, 2.45) is 0 Å². The van der Waals surface area contributed by atoms with E-state index in [4.69, 9.17) is 4.52 Å². The summed E-state index contributed by atoms with van der Waals surface area (Å²) in [6, 6.07) is -0.179. The fourth-order valence-electron chi connectivity index (χ4n) is 0.812. The molecule has 1 aromatic heterocycles. The van der Waals surface area contributed by atoms with Crippen LogP contribution in [-0.2, 0) is 6.42 Å². The molecule has 0 bridgehead atoms. The van der Waals surface area contributed by atoms with E-state index in [1.165, 1.54) is 6.33 Å². The van der Waals surface area contributed by atoms with E-state index in [1.807, 2.05) is 6.92 Å². The SMILES string of the molecule is CCNC(=O)NCCc1ncno1. The van der Waals surface area contributed by atoms with Gasteiger partial charge in [-0.25, -0.2) is 4.79 Å². The largest absolute Gasteiger partial charge is 0.340 e. The van der Waals surface area contributed by atoms with Crippen LogP contribution in [0.3, 0.4) is 0 Å². The third-order valence-corrected chi connectivity index (χ3v) is 1.37. The number of rotatable bonds is 4. The van der Waals surface area contributed by atoms with Crippen LogP contribution in [0, 0.1) is 0 Å². The van der Waals surface area contributed by atoms with Gasteiger partial charge in [-0.1, -0.05) is 5.16 Å². The highest BCUT2D eigenvalue weighted by molar-refractivity contribution is 5.73. The monoisotopic (exact) mass is 184 g/mol. The lowest BCUT2D eigenvalue weighted by molar-refractivity contribution is 0.241. The Hall–Kier alpha value is -1.59. The number of nitrogens with one attached hydrogen (secondary N) is 2. The minimum Gasteiger partial charge on any atom is -0.340 e. The van der Waals surface area contributed by atoms with Gasteiger partial charge in [-0.3, -0.25) is 0 Å². The summed E-state index contributed by atoms with van der Waals surface area (Å²) in [5, 5.41) is 8.69. The van der Waals surface area contributed by atoms with Crippen molar-refractivity contribution in [1.29, 1.82) is 0 Å². The molecule has 0 aromatic carbocycles. The first-order valence-corrected chi connectivity index (χ1v) is 4.10. The summed E-state index contributed by atoms with van der Waals surface area (Å²) in [6.07, 6.45) is 1.89. The van der Waals surface area contributed by atoms with Gasteiger partial charge in [-0.2, -0.15) is 4.98 Å². The van der Waals surface area contributed by atoms with Crippen molar-refractivity contribution in [1.82, 2.24) is 20.8 Å². The zero-order chi connectivity index (χ0) is 9.52. The van der Waals surface area contributed by atoms with E-state index >= 15 is 0 Å². The van der Waals surface area contributed by atoms with E-state index in [-0.39, 0.29) is 6.03 Å². The van der Waals surface area contributed by atoms with Gasteiger partial charge in [0, 0.05) is 19.5 Å². The number of carbonyl (C=O) groups excluding carboxylic acids is 1. The van der Waals surface area contributed by atoms with E-state index in [0.717, 1.165) is 0 Å². The van der Waals surface area contributed by atoms with E-state index in [2.05, 4.69) is 20.8 Å². The Bertz CT molecular complexity index is 247. The lowest BCUT2D eigenvalue weighted by Gasteiger charge is -2.02. The Morgan fingerprint density at radius 2 is 2.46 bits per heavy atom. The molecule has 0 atom stereocenters. The van der Waals surface area contributed by atoms with Crippen LogP contribution in [0.15, 0.2) is 10.9 Å². The van der Waals surface area contributed by atoms with Crippen molar-refractivity contribution in [3.8, 4) is 0 Å². The third kappa shape index (κ3) is 3.55. The molecule has 0 spiro atoms. The van der Waals surface area contributed by atoms with Gasteiger partial charge in [-0.05, 0) is 6.92 Å². The maximum absolute atomic E-state index is 10.9. The standard InChI is InChI=1S/C7H12N4O2/c1-2-8-7(12)9-4-3-6-10-5-11-13-6/h5H,2-4H2,1H3,(H2,8,9,12). The second kappa shape index (κ2) is 5.13. The minimum atomic E-state index is -0.179. The summed E-state index contributed by atoms with van der Waals surface area (Å²) < 4.78 is 4.74. The van der Waals surface area contributed by atoms with Gasteiger partial charge >= 0.3 is 6.03 Å². The maximum Gasteiger partial charge on any atom is 0.314 e. The van der Waals surface area contributed by atoms with Crippen LogP contribution in [-0.4, -0.2) is 29.3 Å². The van der Waals surface area contributed by atoms with Gasteiger partial charge in [-0.15, -0.1) is 0 Å². The second-order valence-electron chi connectivity index (χ2n) is 2.37. The van der Waals surface area contributed by atoms with E-state index in [0.29, 0.717) is 25.4 Å². The van der Waals surface area contributed by atoms with Crippen molar-refractivity contribution in [3.63, 3.8) is 0 Å². The molecule has 13 heavy (non-hydrogen) atoms. The first-order chi connectivity index (χ1) is 6.33. The van der Waals surface area contributed by atoms with Gasteiger partial charge in [0.15, 0.2) is 6.33 Å². The molecule has 6 nitrogen and oxygen atoms in total. The number of hydrogen-bond donors (Lipinski definition) is 2. The molecular weight excluding hydrogens is 172 g/mol. The van der Waals surface area contributed by atoms with Crippen LogP contribution < -0.4 is 10.6 Å². The number of nitrogens with zero attached hydrogens (tertiary/aromatic N) is 2. The van der Waals surface area contributed by atoms with Crippen LogP contribution in [0.2, 0.25) is 0 Å². The Labute approximate surface area is 75.7 Å². The van der Waals surface area contributed by atoms with Gasteiger partial charge in [0.2, 0.25) is 5.89 Å². The molecule has 0 aliphatic rings. The molecular formula is C7H12N4O2. The summed E-state index contributed by atoms with van der Waals surface area (Å²) >= 11 is 0. The van der Waals surface area contributed by atoms with Crippen molar-refractivity contribution in [2.45, 2.75) is 13.3 Å². The topological polar surface area (TPSA) is 80.0 Å². The van der Waals surface area contributed by atoms with Gasteiger partial charge in [0.05, 0.1) is 0 Å². The summed E-state index contributed by atoms with van der Waals surface area (Å²) in [7, 11) is 0.